The van der Waals surface area contributed by atoms with Gasteiger partial charge in [-0.1, -0.05) is 59.3 Å². The average molecular weight is 1130 g/mol. The highest BCUT2D eigenvalue weighted by Gasteiger charge is 2.74. The summed E-state index contributed by atoms with van der Waals surface area (Å²) in [5.41, 5.74) is -3.85. The highest BCUT2D eigenvalue weighted by Crippen LogP contribution is 2.76. The molecule has 0 aromatic rings. The molecule has 3 aliphatic heterocycles. The third-order valence-electron chi connectivity index (χ3n) is 21.1. The number of rotatable bonds is 14. The maximum atomic E-state index is 13.9. The van der Waals surface area contributed by atoms with E-state index in [-0.39, 0.29) is 24.7 Å². The van der Waals surface area contributed by atoms with E-state index in [0.717, 1.165) is 5.57 Å². The molecule has 0 amide bonds. The fraction of sp³-hybridized carbons (Fsp3) is 0.873. The molecule has 0 radical (unpaired) electrons. The molecule has 27 atom stereocenters. The van der Waals surface area contributed by atoms with Gasteiger partial charge in [-0.25, -0.2) is 9.59 Å². The van der Waals surface area contributed by atoms with Crippen molar-refractivity contribution in [1.82, 2.24) is 0 Å². The van der Waals surface area contributed by atoms with Crippen LogP contribution in [0, 0.1) is 50.2 Å². The summed E-state index contributed by atoms with van der Waals surface area (Å²) < 4.78 is 48.3. The van der Waals surface area contributed by atoms with Crippen LogP contribution in [0.2, 0.25) is 0 Å². The van der Waals surface area contributed by atoms with Gasteiger partial charge in [0.1, 0.15) is 85.5 Å². The fourth-order valence-electron chi connectivity index (χ4n) is 16.2. The van der Waals surface area contributed by atoms with Gasteiger partial charge in [-0.3, -0.25) is 4.79 Å². The zero-order valence-corrected chi connectivity index (χ0v) is 46.4. The summed E-state index contributed by atoms with van der Waals surface area (Å²) in [6, 6.07) is 0. The second-order valence-corrected chi connectivity index (χ2v) is 25.5. The van der Waals surface area contributed by atoms with Crippen molar-refractivity contribution in [2.75, 3.05) is 26.4 Å². The van der Waals surface area contributed by atoms with Crippen molar-refractivity contribution in [3.05, 3.63) is 23.3 Å². The molecule has 2 unspecified atom stereocenters. The summed E-state index contributed by atoms with van der Waals surface area (Å²) in [5, 5.41) is 143. The minimum atomic E-state index is -2.18. The molecule has 8 aliphatic rings. The summed E-state index contributed by atoms with van der Waals surface area (Å²) in [6.45, 7) is 14.1. The summed E-state index contributed by atoms with van der Waals surface area (Å²) in [5.74, 6) is -3.87. The first-order valence-corrected chi connectivity index (χ1v) is 27.7. The average Bonchev–Trinajstić information content (AvgIpc) is 3.24. The van der Waals surface area contributed by atoms with Crippen LogP contribution in [0.15, 0.2) is 23.3 Å². The normalized spacial score (nSPS) is 50.6. The second-order valence-electron chi connectivity index (χ2n) is 25.5. The molecule has 0 spiro atoms. The molecule has 79 heavy (non-hydrogen) atoms. The molecule has 3 heterocycles. The first-order valence-electron chi connectivity index (χ1n) is 27.7. The third-order valence-corrected chi connectivity index (χ3v) is 21.1. The highest BCUT2D eigenvalue weighted by atomic mass is 16.8. The van der Waals surface area contributed by atoms with E-state index in [0.29, 0.717) is 37.7 Å². The Morgan fingerprint density at radius 2 is 1.24 bits per heavy atom. The van der Waals surface area contributed by atoms with Crippen molar-refractivity contribution in [2.24, 2.45) is 50.2 Å². The smallest absolute Gasteiger partial charge is 0.335 e. The summed E-state index contributed by atoms with van der Waals surface area (Å²) in [4.78, 5) is 39.6. The number of ether oxygens (including phenoxy) is 8. The zero-order chi connectivity index (χ0) is 58.4. The van der Waals surface area contributed by atoms with E-state index in [1.807, 2.05) is 20.8 Å². The van der Waals surface area contributed by atoms with Gasteiger partial charge in [-0.2, -0.15) is 0 Å². The van der Waals surface area contributed by atoms with Crippen LogP contribution in [0.1, 0.15) is 107 Å². The maximum Gasteiger partial charge on any atom is 0.335 e. The number of carbonyl (C=O) groups is 3. The summed E-state index contributed by atoms with van der Waals surface area (Å²) >= 11 is 0. The molecule has 0 bridgehead atoms. The van der Waals surface area contributed by atoms with E-state index >= 15 is 0 Å². The first-order chi connectivity index (χ1) is 36.9. The first kappa shape index (κ1) is 62.2. The van der Waals surface area contributed by atoms with Crippen molar-refractivity contribution in [1.29, 1.82) is 0 Å². The van der Waals surface area contributed by atoms with Gasteiger partial charge in [0.05, 0.1) is 37.9 Å². The molecule has 24 heteroatoms. The molecule has 0 aromatic carbocycles. The SMILES string of the molecule is C/C=C(/C)C(=O)O[C@@H]1C[C@]2(C)C(=CC[C@@H]3[C@@]4(C)CC[C@H](O[C@@H]5O[C@H](C(=O)O)[C@@H](O[C@@H]6O[C@H](CO)[C@@H](O)[C@H](O)[C@H]6O)[C@H](O)[C@H]5O[C@@H]5O[C@H](CO)[C@@H](O)[C@H](O)[C@H]5O)[C@](C)(CO)C4CC[C@]32C)C2CC(C)(C)[C@@H](OC(C)=O)[C@H](O)[C@@]21CO. The number of hydrogen-bond acceptors (Lipinski definition) is 23. The topological polar surface area (TPSA) is 388 Å². The molecule has 5 aliphatic carbocycles. The number of carbonyl (C=O) groups excluding carboxylic acids is 2. The summed E-state index contributed by atoms with van der Waals surface area (Å²) in [6.07, 6.45) is -26.6. The number of hydrogen-bond donors (Lipinski definition) is 13. The van der Waals surface area contributed by atoms with Gasteiger partial charge in [0.2, 0.25) is 0 Å². The predicted octanol–water partition coefficient (Wildman–Crippen LogP) is -1.32. The van der Waals surface area contributed by atoms with Crippen LogP contribution >= 0.6 is 0 Å². The van der Waals surface area contributed by atoms with Crippen LogP contribution in [0.4, 0.5) is 0 Å². The Bertz CT molecular complexity index is 2290. The Balaban J connectivity index is 1.14. The Morgan fingerprint density at radius 3 is 1.76 bits per heavy atom. The number of allylic oxidation sites excluding steroid dienone is 3. The fourth-order valence-corrected chi connectivity index (χ4v) is 16.2. The number of esters is 2. The molecule has 450 valence electrons. The number of fused-ring (bicyclic) bond motifs is 7. The van der Waals surface area contributed by atoms with E-state index in [1.165, 1.54) is 6.92 Å². The standard InChI is InChI=1S/C55H86O24/c1-10-23(2)46(71)75-32-18-54(9)25(26-17-50(4,5)44(72-24(3)60)43(68)55(26,32)22-59)11-12-30-51(6)15-14-31(52(7,21-58)29(51)13-16-53(30,54)8)76-49-41(78-48-38(66)36(64)34(62)28(20-57)74-48)39(67)40(42(79-49)45(69)70)77-47-37(65)35(63)33(61)27(19-56)73-47/h10-11,26-44,47-49,56-59,61-68H,12-22H2,1-9H3,(H,69,70)/b23-10-/t26?,27-,28-,29?,30-,31+,32-,33-,34-,35+,36+,37-,38-,39+,40+,41-,42+,43+,44+,47+,48+,49-,51+,52-,53-,54-,55+/m1/s1. The van der Waals surface area contributed by atoms with Crippen LogP contribution in [0.5, 0.6) is 0 Å². The molecule has 3 saturated heterocycles. The van der Waals surface area contributed by atoms with Gasteiger partial charge >= 0.3 is 17.9 Å². The molecule has 0 aromatic heterocycles. The predicted molar refractivity (Wildman–Crippen MR) is 269 cm³/mol. The number of aliphatic hydroxyl groups excluding tert-OH is 12. The molecule has 24 nitrogen and oxygen atoms in total. The van der Waals surface area contributed by atoms with E-state index in [1.54, 1.807) is 19.9 Å². The third kappa shape index (κ3) is 9.94. The highest BCUT2D eigenvalue weighted by molar-refractivity contribution is 5.87. The van der Waals surface area contributed by atoms with Gasteiger partial charge in [0.15, 0.2) is 25.0 Å². The van der Waals surface area contributed by atoms with Crippen molar-refractivity contribution in [3.63, 3.8) is 0 Å². The van der Waals surface area contributed by atoms with Gasteiger partial charge in [-0.15, -0.1) is 0 Å². The lowest BCUT2D eigenvalue weighted by Crippen LogP contribution is -2.72. The van der Waals surface area contributed by atoms with Crippen molar-refractivity contribution in [3.8, 4) is 0 Å². The zero-order valence-electron chi connectivity index (χ0n) is 46.4. The lowest BCUT2D eigenvalue weighted by atomic mass is 9.33. The van der Waals surface area contributed by atoms with Crippen LogP contribution < -0.4 is 0 Å². The van der Waals surface area contributed by atoms with E-state index in [4.69, 9.17) is 37.9 Å². The van der Waals surface area contributed by atoms with E-state index < -0.39 is 199 Å². The van der Waals surface area contributed by atoms with Crippen molar-refractivity contribution < 1.29 is 119 Å². The molecule has 7 fully saturated rings. The van der Waals surface area contributed by atoms with E-state index in [2.05, 4.69) is 26.8 Å². The largest absolute Gasteiger partial charge is 0.479 e. The Morgan fingerprint density at radius 1 is 0.658 bits per heavy atom. The van der Waals surface area contributed by atoms with Crippen LogP contribution in [-0.2, 0) is 52.3 Å². The molecular weight excluding hydrogens is 1040 g/mol. The van der Waals surface area contributed by atoms with Crippen molar-refractivity contribution in [2.45, 2.75) is 224 Å². The van der Waals surface area contributed by atoms with Gasteiger partial charge < -0.3 is 104 Å². The minimum absolute atomic E-state index is 0.100. The van der Waals surface area contributed by atoms with Crippen LogP contribution in [-0.4, -0.2) is 227 Å². The molecule has 4 saturated carbocycles. The van der Waals surface area contributed by atoms with Crippen LogP contribution in [0.25, 0.3) is 0 Å². The minimum Gasteiger partial charge on any atom is -0.479 e. The number of aliphatic carboxylic acids is 1. The monoisotopic (exact) mass is 1130 g/mol. The molecular formula is C55H86O24. The lowest BCUT2D eigenvalue weighted by molar-refractivity contribution is -0.392. The lowest BCUT2D eigenvalue weighted by Gasteiger charge is -2.72. The number of carboxylic acid groups (broad SMARTS) is 1. The second kappa shape index (κ2) is 22.6. The number of carboxylic acids is 1. The quantitative estimate of drug-likeness (QED) is 0.0415. The Kier molecular flexibility index (Phi) is 17.8. The Labute approximate surface area is 459 Å². The van der Waals surface area contributed by atoms with Gasteiger partial charge in [0, 0.05) is 23.3 Å². The van der Waals surface area contributed by atoms with Gasteiger partial charge in [0.25, 0.3) is 0 Å². The van der Waals surface area contributed by atoms with E-state index in [9.17, 15) is 80.8 Å². The summed E-state index contributed by atoms with van der Waals surface area (Å²) in [7, 11) is 0. The Hall–Kier alpha value is -2.83. The van der Waals surface area contributed by atoms with Crippen LogP contribution in [0.3, 0.4) is 0 Å². The maximum absolute atomic E-state index is 13.9. The molecule has 8 rings (SSSR count). The number of aliphatic hydroxyl groups is 12. The van der Waals surface area contributed by atoms with Gasteiger partial charge in [-0.05, 0) is 92.8 Å². The molecule has 13 N–H and O–H groups in total. The van der Waals surface area contributed by atoms with Crippen molar-refractivity contribution >= 4 is 17.9 Å².